The minimum atomic E-state index is -0.419. The van der Waals surface area contributed by atoms with Crippen molar-refractivity contribution in [2.45, 2.75) is 13.0 Å². The number of ether oxygens (including phenoxy) is 1. The van der Waals surface area contributed by atoms with Gasteiger partial charge in [0.15, 0.2) is 6.39 Å². The molecule has 1 atom stereocenters. The van der Waals surface area contributed by atoms with E-state index in [1.54, 1.807) is 11.8 Å². The Labute approximate surface area is 119 Å². The van der Waals surface area contributed by atoms with E-state index in [9.17, 15) is 9.59 Å². The number of oxazole rings is 1. The molecule has 0 radical (unpaired) electrons. The Balaban J connectivity index is 1.94. The molecule has 1 fully saturated rings. The minimum absolute atomic E-state index is 0.156. The van der Waals surface area contributed by atoms with Gasteiger partial charge in [0.25, 0.3) is 11.5 Å². The first-order chi connectivity index (χ1) is 10.1. The van der Waals surface area contributed by atoms with Gasteiger partial charge in [0.05, 0.1) is 31.1 Å². The number of aromatic amines is 1. The molecule has 1 aliphatic rings. The van der Waals surface area contributed by atoms with Crippen LogP contribution in [0.4, 0.5) is 0 Å². The third-order valence-corrected chi connectivity index (χ3v) is 3.25. The van der Waals surface area contributed by atoms with Gasteiger partial charge in [-0.3, -0.25) is 9.59 Å². The highest BCUT2D eigenvalue weighted by Crippen LogP contribution is 2.23. The third kappa shape index (κ3) is 2.70. The summed E-state index contributed by atoms with van der Waals surface area (Å²) in [5, 5.41) is 0. The summed E-state index contributed by atoms with van der Waals surface area (Å²) in [6.07, 6.45) is 2.57. The highest BCUT2D eigenvalue weighted by atomic mass is 16.5. The second kappa shape index (κ2) is 5.49. The predicted octanol–water partition coefficient (Wildman–Crippen LogP) is 0.280. The Morgan fingerprint density at radius 1 is 1.52 bits per heavy atom. The largest absolute Gasteiger partial charge is 0.438 e. The summed E-state index contributed by atoms with van der Waals surface area (Å²) in [7, 11) is 0. The fourth-order valence-electron chi connectivity index (χ4n) is 2.33. The molecule has 2 aromatic heterocycles. The predicted molar refractivity (Wildman–Crippen MR) is 70.7 cm³/mol. The summed E-state index contributed by atoms with van der Waals surface area (Å²) in [4.78, 5) is 36.2. The molecule has 1 unspecified atom stereocenters. The Hall–Kier alpha value is -2.48. The normalized spacial score (nSPS) is 18.7. The Kier molecular flexibility index (Phi) is 3.53. The van der Waals surface area contributed by atoms with E-state index in [0.717, 1.165) is 0 Å². The van der Waals surface area contributed by atoms with Crippen LogP contribution in [0.1, 0.15) is 28.1 Å². The second-order valence-electron chi connectivity index (χ2n) is 4.71. The van der Waals surface area contributed by atoms with Crippen LogP contribution in [-0.4, -0.2) is 45.5 Å². The minimum Gasteiger partial charge on any atom is -0.438 e. The third-order valence-electron chi connectivity index (χ3n) is 3.25. The van der Waals surface area contributed by atoms with Crippen molar-refractivity contribution in [3.05, 3.63) is 46.3 Å². The van der Waals surface area contributed by atoms with Crippen molar-refractivity contribution < 1.29 is 13.9 Å². The van der Waals surface area contributed by atoms with E-state index in [0.29, 0.717) is 24.7 Å². The van der Waals surface area contributed by atoms with E-state index in [2.05, 4.69) is 15.0 Å². The van der Waals surface area contributed by atoms with Crippen molar-refractivity contribution >= 4 is 5.91 Å². The van der Waals surface area contributed by atoms with Crippen molar-refractivity contribution in [2.24, 2.45) is 0 Å². The van der Waals surface area contributed by atoms with Gasteiger partial charge in [0.2, 0.25) is 5.76 Å². The summed E-state index contributed by atoms with van der Waals surface area (Å²) in [5.74, 6) is 0.360. The fourth-order valence-corrected chi connectivity index (χ4v) is 2.33. The molecule has 3 heterocycles. The molecule has 0 saturated carbocycles. The Bertz CT molecular complexity index is 694. The highest BCUT2D eigenvalue weighted by molar-refractivity contribution is 5.91. The standard InChI is InChI=1S/C13H14N4O4/c1-8-15-9(4-12(18)16-8)10-6-20-3-2-17(10)13(19)11-5-14-7-21-11/h4-5,7,10H,2-3,6H2,1H3,(H,15,16,18). The molecule has 3 rings (SSSR count). The van der Waals surface area contributed by atoms with Crippen molar-refractivity contribution in [1.82, 2.24) is 19.9 Å². The number of morpholine rings is 1. The van der Waals surface area contributed by atoms with E-state index >= 15 is 0 Å². The maximum Gasteiger partial charge on any atom is 0.292 e. The molecule has 0 bridgehead atoms. The number of hydrogen-bond donors (Lipinski definition) is 1. The first-order valence-electron chi connectivity index (χ1n) is 6.50. The van der Waals surface area contributed by atoms with E-state index < -0.39 is 6.04 Å². The molecule has 8 nitrogen and oxygen atoms in total. The molecule has 8 heteroatoms. The van der Waals surface area contributed by atoms with Crippen LogP contribution in [-0.2, 0) is 4.74 Å². The van der Waals surface area contributed by atoms with Crippen LogP contribution in [0.15, 0.2) is 27.9 Å². The first kappa shape index (κ1) is 13.5. The van der Waals surface area contributed by atoms with Gasteiger partial charge in [-0.05, 0) is 6.92 Å². The molecular weight excluding hydrogens is 276 g/mol. The average molecular weight is 290 g/mol. The maximum absolute atomic E-state index is 12.4. The zero-order valence-corrected chi connectivity index (χ0v) is 11.4. The molecule has 0 spiro atoms. The molecule has 110 valence electrons. The number of hydrogen-bond acceptors (Lipinski definition) is 6. The topological polar surface area (TPSA) is 101 Å². The average Bonchev–Trinajstić information content (AvgIpc) is 2.99. The molecule has 2 aromatic rings. The lowest BCUT2D eigenvalue weighted by Crippen LogP contribution is -2.44. The van der Waals surface area contributed by atoms with Crippen molar-refractivity contribution in [1.29, 1.82) is 0 Å². The van der Waals surface area contributed by atoms with Crippen LogP contribution in [0.3, 0.4) is 0 Å². The highest BCUT2D eigenvalue weighted by Gasteiger charge is 2.32. The summed E-state index contributed by atoms with van der Waals surface area (Å²) < 4.78 is 10.5. The number of carbonyl (C=O) groups is 1. The van der Waals surface area contributed by atoms with Crippen LogP contribution in [0.2, 0.25) is 0 Å². The SMILES string of the molecule is Cc1nc(C2COCCN2C(=O)c2cnco2)cc(=O)[nH]1. The van der Waals surface area contributed by atoms with Crippen LogP contribution in [0, 0.1) is 6.92 Å². The van der Waals surface area contributed by atoms with Gasteiger partial charge in [-0.2, -0.15) is 0 Å². The van der Waals surface area contributed by atoms with Crippen molar-refractivity contribution in [3.63, 3.8) is 0 Å². The number of amides is 1. The smallest absolute Gasteiger partial charge is 0.292 e. The summed E-state index contributed by atoms with van der Waals surface area (Å²) in [6, 6.07) is 0.963. The summed E-state index contributed by atoms with van der Waals surface area (Å²) in [5.41, 5.74) is 0.249. The summed E-state index contributed by atoms with van der Waals surface area (Å²) >= 11 is 0. The molecule has 0 aliphatic carbocycles. The molecule has 1 N–H and O–H groups in total. The fraction of sp³-hybridized carbons (Fsp3) is 0.385. The van der Waals surface area contributed by atoms with Crippen molar-refractivity contribution in [3.8, 4) is 0 Å². The molecular formula is C13H14N4O4. The van der Waals surface area contributed by atoms with Gasteiger partial charge in [0.1, 0.15) is 5.82 Å². The van der Waals surface area contributed by atoms with Crippen LogP contribution < -0.4 is 5.56 Å². The lowest BCUT2D eigenvalue weighted by atomic mass is 10.1. The molecule has 21 heavy (non-hydrogen) atoms. The number of rotatable bonds is 2. The van der Waals surface area contributed by atoms with Crippen LogP contribution >= 0.6 is 0 Å². The molecule has 0 aromatic carbocycles. The van der Waals surface area contributed by atoms with Gasteiger partial charge < -0.3 is 19.0 Å². The zero-order chi connectivity index (χ0) is 14.8. The van der Waals surface area contributed by atoms with E-state index in [1.165, 1.54) is 18.7 Å². The Morgan fingerprint density at radius 2 is 2.38 bits per heavy atom. The molecule has 1 amide bonds. The molecule has 1 aliphatic heterocycles. The van der Waals surface area contributed by atoms with Gasteiger partial charge in [0, 0.05) is 12.6 Å². The lowest BCUT2D eigenvalue weighted by Gasteiger charge is -2.34. The zero-order valence-electron chi connectivity index (χ0n) is 11.4. The number of nitrogens with zero attached hydrogens (tertiary/aromatic N) is 3. The van der Waals surface area contributed by atoms with E-state index in [-0.39, 0.29) is 23.8 Å². The lowest BCUT2D eigenvalue weighted by molar-refractivity contribution is -0.00555. The Morgan fingerprint density at radius 3 is 3.10 bits per heavy atom. The van der Waals surface area contributed by atoms with Gasteiger partial charge in [-0.15, -0.1) is 0 Å². The van der Waals surface area contributed by atoms with Crippen molar-refractivity contribution in [2.75, 3.05) is 19.8 Å². The second-order valence-corrected chi connectivity index (χ2v) is 4.71. The van der Waals surface area contributed by atoms with Gasteiger partial charge >= 0.3 is 0 Å². The number of aromatic nitrogens is 3. The van der Waals surface area contributed by atoms with Gasteiger partial charge in [-0.25, -0.2) is 9.97 Å². The quantitative estimate of drug-likeness (QED) is 0.852. The monoisotopic (exact) mass is 290 g/mol. The van der Waals surface area contributed by atoms with E-state index in [1.807, 2.05) is 0 Å². The van der Waals surface area contributed by atoms with Gasteiger partial charge in [-0.1, -0.05) is 0 Å². The maximum atomic E-state index is 12.4. The molecule has 1 saturated heterocycles. The van der Waals surface area contributed by atoms with Crippen LogP contribution in [0.5, 0.6) is 0 Å². The number of nitrogens with one attached hydrogen (secondary N) is 1. The number of H-pyrrole nitrogens is 1. The van der Waals surface area contributed by atoms with Crippen LogP contribution in [0.25, 0.3) is 0 Å². The summed E-state index contributed by atoms with van der Waals surface area (Å²) in [6.45, 7) is 2.81. The number of carbonyl (C=O) groups excluding carboxylic acids is 1. The first-order valence-corrected chi connectivity index (χ1v) is 6.50. The van der Waals surface area contributed by atoms with E-state index in [4.69, 9.17) is 9.15 Å². The number of aryl methyl sites for hydroxylation is 1.